The van der Waals surface area contributed by atoms with Gasteiger partial charge in [-0.15, -0.1) is 0 Å². The average molecular weight is 223 g/mol. The Bertz CT molecular complexity index is 624. The summed E-state index contributed by atoms with van der Waals surface area (Å²) in [5.74, 6) is 0. The van der Waals surface area contributed by atoms with Crippen molar-refractivity contribution in [2.45, 2.75) is 34.1 Å². The predicted molar refractivity (Wildman–Crippen MR) is 71.4 cm³/mol. The molecular formula is C16H17N. The van der Waals surface area contributed by atoms with Gasteiger partial charge in [0.05, 0.1) is 5.69 Å². The Morgan fingerprint density at radius 2 is 1.76 bits per heavy atom. The van der Waals surface area contributed by atoms with Crippen molar-refractivity contribution in [1.29, 1.82) is 0 Å². The summed E-state index contributed by atoms with van der Waals surface area (Å²) in [6, 6.07) is 6.69. The molecule has 1 heteroatoms. The van der Waals surface area contributed by atoms with Crippen LogP contribution in [0.3, 0.4) is 0 Å². The van der Waals surface area contributed by atoms with Crippen LogP contribution in [0.1, 0.15) is 33.5 Å². The number of benzene rings is 1. The van der Waals surface area contributed by atoms with Crippen molar-refractivity contribution in [2.75, 3.05) is 0 Å². The highest BCUT2D eigenvalue weighted by Gasteiger charge is 2.23. The molecule has 17 heavy (non-hydrogen) atoms. The minimum atomic E-state index is 1.05. The van der Waals surface area contributed by atoms with Gasteiger partial charge >= 0.3 is 0 Å². The van der Waals surface area contributed by atoms with Crippen LogP contribution in [0, 0.1) is 27.7 Å². The molecule has 1 aliphatic carbocycles. The van der Waals surface area contributed by atoms with Gasteiger partial charge < -0.3 is 0 Å². The van der Waals surface area contributed by atoms with E-state index in [9.17, 15) is 0 Å². The highest BCUT2D eigenvalue weighted by molar-refractivity contribution is 5.75. The summed E-state index contributed by atoms with van der Waals surface area (Å²) < 4.78 is 0. The largest absolute Gasteiger partial charge is 0.253 e. The van der Waals surface area contributed by atoms with Crippen LogP contribution in [-0.2, 0) is 6.42 Å². The number of hydrogen-bond acceptors (Lipinski definition) is 1. The van der Waals surface area contributed by atoms with Crippen LogP contribution in [0.25, 0.3) is 11.3 Å². The van der Waals surface area contributed by atoms with Gasteiger partial charge in [0.15, 0.2) is 0 Å². The van der Waals surface area contributed by atoms with Gasteiger partial charge in [0.1, 0.15) is 0 Å². The summed E-state index contributed by atoms with van der Waals surface area (Å²) in [7, 11) is 0. The van der Waals surface area contributed by atoms with Gasteiger partial charge in [0, 0.05) is 17.7 Å². The van der Waals surface area contributed by atoms with E-state index in [1.165, 1.54) is 39.1 Å². The first-order chi connectivity index (χ1) is 8.08. The molecule has 1 aromatic carbocycles. The maximum atomic E-state index is 4.79. The van der Waals surface area contributed by atoms with Crippen molar-refractivity contribution in [3.05, 3.63) is 51.7 Å². The molecule has 0 radical (unpaired) electrons. The van der Waals surface area contributed by atoms with E-state index in [-0.39, 0.29) is 0 Å². The fourth-order valence-electron chi connectivity index (χ4n) is 2.72. The Morgan fingerprint density at radius 3 is 2.53 bits per heavy atom. The lowest BCUT2D eigenvalue weighted by atomic mass is 10.0. The van der Waals surface area contributed by atoms with Gasteiger partial charge in [0.25, 0.3) is 0 Å². The van der Waals surface area contributed by atoms with Gasteiger partial charge in [-0.3, -0.25) is 4.98 Å². The topological polar surface area (TPSA) is 12.9 Å². The molecule has 1 heterocycles. The summed E-state index contributed by atoms with van der Waals surface area (Å²) >= 11 is 0. The number of pyridine rings is 1. The second kappa shape index (κ2) is 3.43. The zero-order valence-electron chi connectivity index (χ0n) is 10.9. The van der Waals surface area contributed by atoms with Crippen molar-refractivity contribution < 1.29 is 0 Å². The number of aromatic nitrogens is 1. The van der Waals surface area contributed by atoms with Crippen LogP contribution in [0.2, 0.25) is 0 Å². The Morgan fingerprint density at radius 1 is 1.00 bits per heavy atom. The fourth-order valence-corrected chi connectivity index (χ4v) is 2.72. The van der Waals surface area contributed by atoms with Crippen LogP contribution >= 0.6 is 0 Å². The smallest absolute Gasteiger partial charge is 0.0746 e. The molecule has 3 rings (SSSR count). The van der Waals surface area contributed by atoms with Crippen molar-refractivity contribution in [2.24, 2.45) is 0 Å². The first kappa shape index (κ1) is 10.5. The van der Waals surface area contributed by atoms with E-state index in [4.69, 9.17) is 4.98 Å². The first-order valence-electron chi connectivity index (χ1n) is 6.14. The molecular weight excluding hydrogens is 206 g/mol. The Hall–Kier alpha value is -1.63. The van der Waals surface area contributed by atoms with E-state index in [0.717, 1.165) is 12.1 Å². The van der Waals surface area contributed by atoms with Crippen molar-refractivity contribution in [3.8, 4) is 11.3 Å². The Kier molecular flexibility index (Phi) is 2.12. The molecule has 0 amide bonds. The van der Waals surface area contributed by atoms with Crippen LogP contribution in [0.5, 0.6) is 0 Å². The van der Waals surface area contributed by atoms with Crippen LogP contribution in [-0.4, -0.2) is 4.98 Å². The van der Waals surface area contributed by atoms with Crippen molar-refractivity contribution >= 4 is 0 Å². The van der Waals surface area contributed by atoms with E-state index >= 15 is 0 Å². The van der Waals surface area contributed by atoms with Crippen molar-refractivity contribution in [1.82, 2.24) is 4.98 Å². The summed E-state index contributed by atoms with van der Waals surface area (Å²) in [6.45, 7) is 8.66. The Labute approximate surface area is 103 Å². The summed E-state index contributed by atoms with van der Waals surface area (Å²) in [6.07, 6.45) is 1.05. The van der Waals surface area contributed by atoms with Gasteiger partial charge in [-0.05, 0) is 49.9 Å². The zero-order valence-corrected chi connectivity index (χ0v) is 10.9. The second-order valence-corrected chi connectivity index (χ2v) is 5.11. The van der Waals surface area contributed by atoms with Gasteiger partial charge in [-0.1, -0.05) is 23.8 Å². The zero-order chi connectivity index (χ0) is 12.2. The van der Waals surface area contributed by atoms with Gasteiger partial charge in [-0.2, -0.15) is 0 Å². The molecule has 2 aromatic rings. The average Bonchev–Trinajstić information content (AvgIpc) is 2.64. The molecule has 86 valence electrons. The van der Waals surface area contributed by atoms with Crippen LogP contribution in [0.15, 0.2) is 18.2 Å². The number of rotatable bonds is 0. The summed E-state index contributed by atoms with van der Waals surface area (Å²) in [5, 5.41) is 0. The molecule has 0 saturated heterocycles. The standard InChI is InChI=1S/C16H17N/c1-9-5-6-14-13(7-9)8-15-11(3)10(2)12(4)17-16(14)15/h5-7H,8H2,1-4H3. The minimum Gasteiger partial charge on any atom is -0.253 e. The molecule has 0 N–H and O–H groups in total. The van der Waals surface area contributed by atoms with Crippen LogP contribution < -0.4 is 0 Å². The molecule has 0 spiro atoms. The van der Waals surface area contributed by atoms with Gasteiger partial charge in [-0.25, -0.2) is 0 Å². The lowest BCUT2D eigenvalue weighted by Gasteiger charge is -2.10. The van der Waals surface area contributed by atoms with E-state index in [1.54, 1.807) is 0 Å². The molecule has 0 unspecified atom stereocenters. The minimum absolute atomic E-state index is 1.05. The third-order valence-electron chi connectivity index (χ3n) is 4.01. The normalized spacial score (nSPS) is 12.5. The predicted octanol–water partition coefficient (Wildman–Crippen LogP) is 3.89. The lowest BCUT2D eigenvalue weighted by Crippen LogP contribution is -1.97. The maximum Gasteiger partial charge on any atom is 0.0746 e. The van der Waals surface area contributed by atoms with E-state index in [2.05, 4.69) is 45.9 Å². The van der Waals surface area contributed by atoms with E-state index in [0.29, 0.717) is 0 Å². The molecule has 0 bridgehead atoms. The molecule has 1 nitrogen and oxygen atoms in total. The number of fused-ring (bicyclic) bond motifs is 3. The van der Waals surface area contributed by atoms with Crippen molar-refractivity contribution in [3.63, 3.8) is 0 Å². The molecule has 0 aliphatic heterocycles. The second-order valence-electron chi connectivity index (χ2n) is 5.11. The lowest BCUT2D eigenvalue weighted by molar-refractivity contribution is 1.09. The third kappa shape index (κ3) is 1.42. The SMILES string of the molecule is Cc1ccc2c(c1)Cc1c-2nc(C)c(C)c1C. The monoisotopic (exact) mass is 223 g/mol. The molecule has 0 saturated carbocycles. The first-order valence-corrected chi connectivity index (χ1v) is 6.14. The number of hydrogen-bond donors (Lipinski definition) is 0. The molecule has 0 atom stereocenters. The third-order valence-corrected chi connectivity index (χ3v) is 4.01. The summed E-state index contributed by atoms with van der Waals surface area (Å²) in [5.41, 5.74) is 10.7. The quantitative estimate of drug-likeness (QED) is 0.563. The van der Waals surface area contributed by atoms with Gasteiger partial charge in [0.2, 0.25) is 0 Å². The summed E-state index contributed by atoms with van der Waals surface area (Å²) in [4.78, 5) is 4.79. The highest BCUT2D eigenvalue weighted by Crippen LogP contribution is 2.38. The van der Waals surface area contributed by atoms with Crippen LogP contribution in [0.4, 0.5) is 0 Å². The van der Waals surface area contributed by atoms with E-state index in [1.807, 2.05) is 0 Å². The molecule has 1 aliphatic rings. The van der Waals surface area contributed by atoms with E-state index < -0.39 is 0 Å². The number of aryl methyl sites for hydroxylation is 2. The Balaban J connectivity index is 2.30. The fraction of sp³-hybridized carbons (Fsp3) is 0.312. The highest BCUT2D eigenvalue weighted by atomic mass is 14.7. The number of nitrogens with zero attached hydrogens (tertiary/aromatic N) is 1. The molecule has 1 aromatic heterocycles. The maximum absolute atomic E-state index is 4.79. The molecule has 0 fully saturated rings.